The summed E-state index contributed by atoms with van der Waals surface area (Å²) in [6.45, 7) is 0. The lowest BCUT2D eigenvalue weighted by Crippen LogP contribution is -2.01. The molecule has 4 heteroatoms. The molecule has 0 radical (unpaired) electrons. The summed E-state index contributed by atoms with van der Waals surface area (Å²) in [6, 6.07) is 14.0. The Morgan fingerprint density at radius 2 is 2.00 bits per heavy atom. The molecule has 2 N–H and O–H groups in total. The number of rotatable bonds is 4. The summed E-state index contributed by atoms with van der Waals surface area (Å²) in [4.78, 5) is 1.17. The zero-order chi connectivity index (χ0) is 13.1. The van der Waals surface area contributed by atoms with Crippen molar-refractivity contribution in [1.29, 1.82) is 0 Å². The van der Waals surface area contributed by atoms with Crippen LogP contribution in [0.1, 0.15) is 16.5 Å². The number of hydrogen-bond acceptors (Lipinski definition) is 3. The second-order valence-electron chi connectivity index (χ2n) is 4.37. The van der Waals surface area contributed by atoms with Crippen LogP contribution in [-0.4, -0.2) is 15.3 Å². The van der Waals surface area contributed by atoms with Gasteiger partial charge in [0.25, 0.3) is 0 Å². The number of H-pyrrole nitrogens is 1. The Morgan fingerprint density at radius 1 is 1.16 bits per heavy atom. The van der Waals surface area contributed by atoms with Crippen LogP contribution in [0, 0.1) is 0 Å². The van der Waals surface area contributed by atoms with E-state index >= 15 is 0 Å². The maximum atomic E-state index is 10.4. The average molecular weight is 270 g/mol. The Bertz CT molecular complexity index is 631. The van der Waals surface area contributed by atoms with Crippen LogP contribution < -0.4 is 0 Å². The van der Waals surface area contributed by atoms with Crippen LogP contribution in [0.4, 0.5) is 0 Å². The minimum atomic E-state index is -0.535. The van der Waals surface area contributed by atoms with Gasteiger partial charge in [0, 0.05) is 16.9 Å². The predicted molar refractivity (Wildman–Crippen MR) is 77.0 cm³/mol. The normalized spacial score (nSPS) is 12.5. The maximum Gasteiger partial charge on any atom is 0.0874 e. The number of thiophene rings is 1. The van der Waals surface area contributed by atoms with Crippen molar-refractivity contribution in [2.45, 2.75) is 12.5 Å². The van der Waals surface area contributed by atoms with Crippen molar-refractivity contribution in [3.8, 4) is 11.3 Å². The van der Waals surface area contributed by atoms with E-state index in [9.17, 15) is 5.11 Å². The standard InChI is InChI=1S/C15H14N2OS/c18-14(9-12-7-4-8-19-12)13-10-16-17-15(13)11-5-2-1-3-6-11/h1-8,10,14,18H,9H2,(H,16,17). The van der Waals surface area contributed by atoms with Crippen LogP contribution in [0.3, 0.4) is 0 Å². The Hall–Kier alpha value is -1.91. The molecular formula is C15H14N2OS. The number of aliphatic hydroxyl groups excluding tert-OH is 1. The van der Waals surface area contributed by atoms with Crippen molar-refractivity contribution >= 4 is 11.3 Å². The Balaban J connectivity index is 1.88. The van der Waals surface area contributed by atoms with Gasteiger partial charge in [0.05, 0.1) is 18.0 Å². The lowest BCUT2D eigenvalue weighted by atomic mass is 10.0. The molecule has 96 valence electrons. The van der Waals surface area contributed by atoms with E-state index in [0.29, 0.717) is 6.42 Å². The van der Waals surface area contributed by atoms with Crippen molar-refractivity contribution < 1.29 is 5.11 Å². The van der Waals surface area contributed by atoms with Crippen LogP contribution in [0.25, 0.3) is 11.3 Å². The molecule has 0 spiro atoms. The number of nitrogens with one attached hydrogen (secondary N) is 1. The fraction of sp³-hybridized carbons (Fsp3) is 0.133. The number of aromatic amines is 1. The van der Waals surface area contributed by atoms with Gasteiger partial charge in [0.2, 0.25) is 0 Å². The summed E-state index contributed by atoms with van der Waals surface area (Å²) in [5.41, 5.74) is 2.78. The molecule has 0 saturated heterocycles. The average Bonchev–Trinajstić information content (AvgIpc) is 3.10. The zero-order valence-corrected chi connectivity index (χ0v) is 11.1. The lowest BCUT2D eigenvalue weighted by molar-refractivity contribution is 0.180. The number of hydrogen-bond donors (Lipinski definition) is 2. The molecule has 0 amide bonds. The van der Waals surface area contributed by atoms with E-state index in [0.717, 1.165) is 16.8 Å². The first-order valence-corrected chi connectivity index (χ1v) is 7.01. The molecule has 0 saturated carbocycles. The van der Waals surface area contributed by atoms with E-state index in [1.54, 1.807) is 17.5 Å². The van der Waals surface area contributed by atoms with Crippen LogP contribution in [0.5, 0.6) is 0 Å². The molecule has 0 fully saturated rings. The van der Waals surface area contributed by atoms with Gasteiger partial charge >= 0.3 is 0 Å². The molecule has 0 aliphatic carbocycles. The molecular weight excluding hydrogens is 256 g/mol. The third-order valence-corrected chi connectivity index (χ3v) is 3.96. The van der Waals surface area contributed by atoms with E-state index in [1.807, 2.05) is 47.8 Å². The van der Waals surface area contributed by atoms with E-state index in [2.05, 4.69) is 10.2 Å². The van der Waals surface area contributed by atoms with Gasteiger partial charge in [-0.3, -0.25) is 5.10 Å². The highest BCUT2D eigenvalue weighted by molar-refractivity contribution is 7.09. The highest BCUT2D eigenvalue weighted by Gasteiger charge is 2.16. The van der Waals surface area contributed by atoms with Crippen molar-refractivity contribution in [3.05, 3.63) is 64.5 Å². The first-order valence-electron chi connectivity index (χ1n) is 6.14. The van der Waals surface area contributed by atoms with Crippen molar-refractivity contribution in [3.63, 3.8) is 0 Å². The molecule has 19 heavy (non-hydrogen) atoms. The molecule has 0 bridgehead atoms. The summed E-state index contributed by atoms with van der Waals surface area (Å²) in [6.07, 6.45) is 1.80. The van der Waals surface area contributed by atoms with Crippen molar-refractivity contribution in [2.75, 3.05) is 0 Å². The maximum absolute atomic E-state index is 10.4. The summed E-state index contributed by atoms with van der Waals surface area (Å²) < 4.78 is 0. The molecule has 0 aliphatic rings. The number of benzene rings is 1. The molecule has 2 heterocycles. The van der Waals surface area contributed by atoms with Crippen molar-refractivity contribution in [1.82, 2.24) is 10.2 Å². The van der Waals surface area contributed by atoms with Crippen LogP contribution >= 0.6 is 11.3 Å². The second kappa shape index (κ2) is 5.38. The third kappa shape index (κ3) is 2.59. The van der Waals surface area contributed by atoms with E-state index in [-0.39, 0.29) is 0 Å². The molecule has 1 atom stereocenters. The monoisotopic (exact) mass is 270 g/mol. The summed E-state index contributed by atoms with van der Waals surface area (Å²) in [5, 5.41) is 19.4. The van der Waals surface area contributed by atoms with Gasteiger partial charge in [-0.15, -0.1) is 11.3 Å². The van der Waals surface area contributed by atoms with Gasteiger partial charge in [-0.05, 0) is 17.0 Å². The molecule has 3 rings (SSSR count). The summed E-state index contributed by atoms with van der Waals surface area (Å²) >= 11 is 1.66. The Labute approximate surface area is 115 Å². The van der Waals surface area contributed by atoms with Gasteiger partial charge in [0.15, 0.2) is 0 Å². The number of aromatic nitrogens is 2. The molecule has 1 unspecified atom stereocenters. The number of aliphatic hydroxyl groups is 1. The number of nitrogens with zero attached hydrogens (tertiary/aromatic N) is 1. The summed E-state index contributed by atoms with van der Waals surface area (Å²) in [5.74, 6) is 0. The second-order valence-corrected chi connectivity index (χ2v) is 5.40. The van der Waals surface area contributed by atoms with Gasteiger partial charge < -0.3 is 5.11 Å². The SMILES string of the molecule is OC(Cc1cccs1)c1cn[nH]c1-c1ccccc1. The van der Waals surface area contributed by atoms with Gasteiger partial charge in [-0.1, -0.05) is 36.4 Å². The third-order valence-electron chi connectivity index (χ3n) is 3.06. The molecule has 0 aliphatic heterocycles. The van der Waals surface area contributed by atoms with E-state index < -0.39 is 6.10 Å². The smallest absolute Gasteiger partial charge is 0.0874 e. The van der Waals surface area contributed by atoms with E-state index in [4.69, 9.17) is 0 Å². The lowest BCUT2D eigenvalue weighted by Gasteiger charge is -2.10. The van der Waals surface area contributed by atoms with Gasteiger partial charge in [0.1, 0.15) is 0 Å². The fourth-order valence-corrected chi connectivity index (χ4v) is 2.86. The zero-order valence-electron chi connectivity index (χ0n) is 10.3. The molecule has 1 aromatic carbocycles. The van der Waals surface area contributed by atoms with Gasteiger partial charge in [-0.25, -0.2) is 0 Å². The van der Waals surface area contributed by atoms with E-state index in [1.165, 1.54) is 4.88 Å². The summed E-state index contributed by atoms with van der Waals surface area (Å²) in [7, 11) is 0. The minimum absolute atomic E-state index is 0.535. The highest BCUT2D eigenvalue weighted by Crippen LogP contribution is 2.28. The van der Waals surface area contributed by atoms with Crippen LogP contribution in [0.2, 0.25) is 0 Å². The molecule has 3 aromatic rings. The van der Waals surface area contributed by atoms with Crippen LogP contribution in [0.15, 0.2) is 54.0 Å². The van der Waals surface area contributed by atoms with Gasteiger partial charge in [-0.2, -0.15) is 5.10 Å². The quantitative estimate of drug-likeness (QED) is 0.763. The first-order chi connectivity index (χ1) is 9.34. The first kappa shape index (κ1) is 12.1. The van der Waals surface area contributed by atoms with Crippen LogP contribution in [-0.2, 0) is 6.42 Å². The van der Waals surface area contributed by atoms with Crippen molar-refractivity contribution in [2.24, 2.45) is 0 Å². The predicted octanol–water partition coefficient (Wildman–Crippen LogP) is 3.41. The highest BCUT2D eigenvalue weighted by atomic mass is 32.1. The minimum Gasteiger partial charge on any atom is -0.388 e. The topological polar surface area (TPSA) is 48.9 Å². The largest absolute Gasteiger partial charge is 0.388 e. The Morgan fingerprint density at radius 3 is 2.74 bits per heavy atom. The Kier molecular flexibility index (Phi) is 3.44. The molecule has 3 nitrogen and oxygen atoms in total. The molecule has 2 aromatic heterocycles. The fourth-order valence-electron chi connectivity index (χ4n) is 2.11.